The van der Waals surface area contributed by atoms with E-state index in [4.69, 9.17) is 11.6 Å². The van der Waals surface area contributed by atoms with E-state index >= 15 is 0 Å². The van der Waals surface area contributed by atoms with Crippen LogP contribution in [0.3, 0.4) is 0 Å². The van der Waals surface area contributed by atoms with Gasteiger partial charge in [-0.25, -0.2) is 4.68 Å². The minimum atomic E-state index is -0.632. The summed E-state index contributed by atoms with van der Waals surface area (Å²) in [6, 6.07) is 5.68. The van der Waals surface area contributed by atoms with E-state index in [1.54, 1.807) is 16.9 Å². The summed E-state index contributed by atoms with van der Waals surface area (Å²) in [6.07, 6.45) is 2.41. The molecule has 1 heterocycles. The van der Waals surface area contributed by atoms with Gasteiger partial charge in [-0.2, -0.15) is 5.10 Å². The number of rotatable bonds is 5. The highest BCUT2D eigenvalue weighted by atomic mass is 35.5. The fourth-order valence-electron chi connectivity index (χ4n) is 1.97. The topological polar surface area (TPSA) is 90.1 Å². The van der Waals surface area contributed by atoms with Crippen LogP contribution < -0.4 is 5.32 Å². The number of carbonyl (C=O) groups excluding carboxylic acids is 1. The van der Waals surface area contributed by atoms with E-state index in [0.29, 0.717) is 5.82 Å². The Labute approximate surface area is 132 Å². The normalized spacial score (nSPS) is 12.0. The fraction of sp³-hybridized carbons (Fsp3) is 0.286. The molecule has 1 aromatic heterocycles. The fourth-order valence-corrected chi connectivity index (χ4v) is 2.14. The molecule has 0 fully saturated rings. The number of carbonyl (C=O) groups is 1. The Kier molecular flexibility index (Phi) is 4.77. The van der Waals surface area contributed by atoms with Gasteiger partial charge in [0.15, 0.2) is 0 Å². The van der Waals surface area contributed by atoms with Gasteiger partial charge in [-0.05, 0) is 25.5 Å². The summed E-state index contributed by atoms with van der Waals surface area (Å²) in [5.74, 6) is -0.0861. The van der Waals surface area contributed by atoms with Crippen LogP contribution in [0.4, 0.5) is 11.5 Å². The minimum Gasteiger partial charge on any atom is -0.307 e. The smallest absolute Gasteiger partial charge is 0.283 e. The summed E-state index contributed by atoms with van der Waals surface area (Å²) in [7, 11) is 0. The first-order chi connectivity index (χ1) is 10.4. The van der Waals surface area contributed by atoms with Gasteiger partial charge in [0.1, 0.15) is 11.4 Å². The van der Waals surface area contributed by atoms with E-state index in [1.165, 1.54) is 12.1 Å². The Bertz CT molecular complexity index is 714. The molecule has 1 unspecified atom stereocenters. The minimum absolute atomic E-state index is 0.0497. The van der Waals surface area contributed by atoms with Crippen LogP contribution in [0.15, 0.2) is 30.5 Å². The van der Waals surface area contributed by atoms with Gasteiger partial charge in [0.05, 0.1) is 17.2 Å². The number of amides is 1. The molecule has 8 heteroatoms. The molecule has 1 atom stereocenters. The molecular weight excluding hydrogens is 308 g/mol. The highest BCUT2D eigenvalue weighted by molar-refractivity contribution is 6.31. The molecule has 2 rings (SSSR count). The number of anilines is 1. The first kappa shape index (κ1) is 16.0. The summed E-state index contributed by atoms with van der Waals surface area (Å²) < 4.78 is 1.67. The summed E-state index contributed by atoms with van der Waals surface area (Å²) >= 11 is 5.74. The number of nitro benzene ring substituents is 1. The largest absolute Gasteiger partial charge is 0.307 e. The maximum atomic E-state index is 12.3. The Morgan fingerprint density at radius 3 is 2.86 bits per heavy atom. The third kappa shape index (κ3) is 3.25. The quantitative estimate of drug-likeness (QED) is 0.671. The van der Waals surface area contributed by atoms with Gasteiger partial charge in [0, 0.05) is 17.2 Å². The number of nitrogens with zero attached hydrogens (tertiary/aromatic N) is 3. The molecule has 7 nitrogen and oxygen atoms in total. The zero-order valence-corrected chi connectivity index (χ0v) is 12.9. The maximum Gasteiger partial charge on any atom is 0.283 e. The van der Waals surface area contributed by atoms with Crippen molar-refractivity contribution in [1.29, 1.82) is 0 Å². The van der Waals surface area contributed by atoms with E-state index in [1.807, 2.05) is 13.8 Å². The van der Waals surface area contributed by atoms with E-state index in [2.05, 4.69) is 10.4 Å². The van der Waals surface area contributed by atoms with Gasteiger partial charge in [-0.1, -0.05) is 18.5 Å². The standard InChI is InChI=1S/C14H15ClN4O3/c1-3-9(2)18-13(6-7-16-18)17-14(20)11-5-4-10(15)8-12(11)19(21)22/h4-9H,3H2,1-2H3,(H,17,20). The molecule has 0 spiro atoms. The van der Waals surface area contributed by atoms with Gasteiger partial charge in [-0.15, -0.1) is 0 Å². The lowest BCUT2D eigenvalue weighted by molar-refractivity contribution is -0.385. The molecule has 0 aliphatic heterocycles. The molecule has 0 radical (unpaired) electrons. The average molecular weight is 323 g/mol. The van der Waals surface area contributed by atoms with Gasteiger partial charge in [0.2, 0.25) is 0 Å². The average Bonchev–Trinajstić information content (AvgIpc) is 2.94. The van der Waals surface area contributed by atoms with Gasteiger partial charge < -0.3 is 5.32 Å². The number of aromatic nitrogens is 2. The Hall–Kier alpha value is -2.41. The molecule has 1 aromatic carbocycles. The van der Waals surface area contributed by atoms with Crippen molar-refractivity contribution >= 4 is 29.0 Å². The molecular formula is C14H15ClN4O3. The number of halogens is 1. The third-order valence-corrected chi connectivity index (χ3v) is 3.56. The van der Waals surface area contributed by atoms with E-state index in [-0.39, 0.29) is 22.3 Å². The van der Waals surface area contributed by atoms with Crippen molar-refractivity contribution in [2.75, 3.05) is 5.32 Å². The number of hydrogen-bond acceptors (Lipinski definition) is 4. The van der Waals surface area contributed by atoms with Crippen molar-refractivity contribution in [3.63, 3.8) is 0 Å². The summed E-state index contributed by atoms with van der Waals surface area (Å²) in [6.45, 7) is 3.97. The lowest BCUT2D eigenvalue weighted by Crippen LogP contribution is -2.18. The van der Waals surface area contributed by atoms with Crippen molar-refractivity contribution < 1.29 is 9.72 Å². The van der Waals surface area contributed by atoms with Crippen LogP contribution in [-0.2, 0) is 0 Å². The maximum absolute atomic E-state index is 12.3. The number of hydrogen-bond donors (Lipinski definition) is 1. The molecule has 22 heavy (non-hydrogen) atoms. The molecule has 0 aliphatic rings. The van der Waals surface area contributed by atoms with Crippen LogP contribution >= 0.6 is 11.6 Å². The van der Waals surface area contributed by atoms with Crippen LogP contribution in [0.1, 0.15) is 36.7 Å². The molecule has 0 aliphatic carbocycles. The predicted molar refractivity (Wildman–Crippen MR) is 83.3 cm³/mol. The second-order valence-corrected chi connectivity index (χ2v) is 5.23. The molecule has 116 valence electrons. The SMILES string of the molecule is CCC(C)n1nccc1NC(=O)c1ccc(Cl)cc1[N+](=O)[O-]. The van der Waals surface area contributed by atoms with Crippen molar-refractivity contribution in [3.8, 4) is 0 Å². The van der Waals surface area contributed by atoms with Crippen LogP contribution in [-0.4, -0.2) is 20.6 Å². The molecule has 1 amide bonds. The highest BCUT2D eigenvalue weighted by Gasteiger charge is 2.22. The molecule has 0 saturated heterocycles. The van der Waals surface area contributed by atoms with E-state index in [9.17, 15) is 14.9 Å². The molecule has 2 aromatic rings. The lowest BCUT2D eigenvalue weighted by atomic mass is 10.1. The Morgan fingerprint density at radius 1 is 1.50 bits per heavy atom. The highest BCUT2D eigenvalue weighted by Crippen LogP contribution is 2.25. The van der Waals surface area contributed by atoms with Crippen LogP contribution in [0, 0.1) is 10.1 Å². The number of benzene rings is 1. The van der Waals surface area contributed by atoms with E-state index < -0.39 is 10.8 Å². The van der Waals surface area contributed by atoms with Crippen molar-refractivity contribution in [3.05, 3.63) is 51.2 Å². The molecule has 0 bridgehead atoms. The van der Waals surface area contributed by atoms with Crippen molar-refractivity contribution in [1.82, 2.24) is 9.78 Å². The second kappa shape index (κ2) is 6.57. The summed E-state index contributed by atoms with van der Waals surface area (Å²) in [5.41, 5.74) is -0.383. The molecule has 1 N–H and O–H groups in total. The predicted octanol–water partition coefficient (Wildman–Crippen LogP) is 3.67. The van der Waals surface area contributed by atoms with Gasteiger partial charge in [-0.3, -0.25) is 14.9 Å². The zero-order chi connectivity index (χ0) is 16.3. The summed E-state index contributed by atoms with van der Waals surface area (Å²) in [5, 5.41) is 18.1. The third-order valence-electron chi connectivity index (χ3n) is 3.32. The Morgan fingerprint density at radius 2 is 2.23 bits per heavy atom. The lowest BCUT2D eigenvalue weighted by Gasteiger charge is -2.14. The number of nitrogens with one attached hydrogen (secondary N) is 1. The van der Waals surface area contributed by atoms with Gasteiger partial charge in [0.25, 0.3) is 11.6 Å². The van der Waals surface area contributed by atoms with E-state index in [0.717, 1.165) is 12.5 Å². The zero-order valence-electron chi connectivity index (χ0n) is 12.1. The molecule has 0 saturated carbocycles. The monoisotopic (exact) mass is 322 g/mol. The van der Waals surface area contributed by atoms with Crippen molar-refractivity contribution in [2.24, 2.45) is 0 Å². The van der Waals surface area contributed by atoms with Gasteiger partial charge >= 0.3 is 0 Å². The van der Waals surface area contributed by atoms with Crippen LogP contribution in [0.2, 0.25) is 5.02 Å². The summed E-state index contributed by atoms with van der Waals surface area (Å²) in [4.78, 5) is 22.7. The second-order valence-electron chi connectivity index (χ2n) is 4.79. The Balaban J connectivity index is 2.31. The first-order valence-electron chi connectivity index (χ1n) is 6.72. The van der Waals surface area contributed by atoms with Crippen molar-refractivity contribution in [2.45, 2.75) is 26.3 Å². The first-order valence-corrected chi connectivity index (χ1v) is 7.10. The number of nitro groups is 1. The van der Waals surface area contributed by atoms with Crippen LogP contribution in [0.25, 0.3) is 0 Å². The van der Waals surface area contributed by atoms with Crippen LogP contribution in [0.5, 0.6) is 0 Å².